The number of ketones is 1. The van der Waals surface area contributed by atoms with E-state index in [2.05, 4.69) is 6.92 Å². The Morgan fingerprint density at radius 3 is 1.87 bits per heavy atom. The van der Waals surface area contributed by atoms with Crippen LogP contribution in [0, 0.1) is 29.6 Å². The Labute approximate surface area is 239 Å². The second-order valence-corrected chi connectivity index (χ2v) is 13.5. The summed E-state index contributed by atoms with van der Waals surface area (Å²) in [6.07, 6.45) is 0. The van der Waals surface area contributed by atoms with Crippen molar-refractivity contribution in [3.63, 3.8) is 0 Å². The zero-order valence-electron chi connectivity index (χ0n) is 21.8. The standard InChI is InChI=1S/C31H29Cl2NO4S/c1-17-24(19-9-13-21(32)14-10-19)27-30(35)26(17)25-18(2)28(20-11-15-22(33)16-12-20)34(29(25)31(27)38-3)39(36,37)23-7-5-4-6-8-23/h4-18,24-28H,1-3H3/t17?,18-,24?,25?,26?,27?,28-/m0/s1. The largest absolute Gasteiger partial charge is 0.498 e. The number of carbonyl (C=O) groups excluding carboxylic acids is 1. The molecule has 6 rings (SSSR count). The van der Waals surface area contributed by atoms with Crippen molar-refractivity contribution in [1.29, 1.82) is 0 Å². The Morgan fingerprint density at radius 2 is 1.31 bits per heavy atom. The molecule has 202 valence electrons. The second-order valence-electron chi connectivity index (χ2n) is 10.8. The van der Waals surface area contributed by atoms with Crippen molar-refractivity contribution in [3.8, 4) is 0 Å². The van der Waals surface area contributed by atoms with Crippen LogP contribution in [0.25, 0.3) is 0 Å². The van der Waals surface area contributed by atoms with Gasteiger partial charge in [-0.15, -0.1) is 0 Å². The topological polar surface area (TPSA) is 63.7 Å². The van der Waals surface area contributed by atoms with Crippen LogP contribution in [0.4, 0.5) is 0 Å². The Balaban J connectivity index is 1.60. The van der Waals surface area contributed by atoms with E-state index in [0.717, 1.165) is 11.1 Å². The van der Waals surface area contributed by atoms with Crippen molar-refractivity contribution < 1.29 is 17.9 Å². The van der Waals surface area contributed by atoms with Crippen LogP contribution in [-0.4, -0.2) is 25.6 Å². The maximum absolute atomic E-state index is 14.4. The third-order valence-electron chi connectivity index (χ3n) is 8.91. The number of carbonyl (C=O) groups is 1. The van der Waals surface area contributed by atoms with Crippen molar-refractivity contribution in [3.05, 3.63) is 111 Å². The van der Waals surface area contributed by atoms with Crippen LogP contribution in [0.3, 0.4) is 0 Å². The highest BCUT2D eigenvalue weighted by molar-refractivity contribution is 7.89. The summed E-state index contributed by atoms with van der Waals surface area (Å²) in [5.74, 6) is -1.03. The molecule has 5 unspecified atom stereocenters. The van der Waals surface area contributed by atoms with Gasteiger partial charge in [0.1, 0.15) is 11.5 Å². The van der Waals surface area contributed by atoms with E-state index in [1.54, 1.807) is 53.9 Å². The fourth-order valence-electron chi connectivity index (χ4n) is 7.35. The second kappa shape index (κ2) is 9.69. The number of allylic oxidation sites excluding steroid dienone is 2. The van der Waals surface area contributed by atoms with Crippen molar-refractivity contribution in [1.82, 2.24) is 4.31 Å². The molecule has 0 aromatic heterocycles. The Kier molecular flexibility index (Phi) is 6.56. The zero-order valence-corrected chi connectivity index (χ0v) is 24.1. The quantitative estimate of drug-likeness (QED) is 0.322. The van der Waals surface area contributed by atoms with Gasteiger partial charge in [-0.2, -0.15) is 0 Å². The molecule has 39 heavy (non-hydrogen) atoms. The van der Waals surface area contributed by atoms with Crippen molar-refractivity contribution in [2.75, 3.05) is 7.11 Å². The number of hydrogen-bond acceptors (Lipinski definition) is 4. The molecule has 3 aromatic rings. The Hall–Kier alpha value is -2.80. The van der Waals surface area contributed by atoms with Crippen LogP contribution in [0.5, 0.6) is 0 Å². The zero-order chi connectivity index (χ0) is 27.6. The molecule has 1 heterocycles. The molecule has 1 saturated carbocycles. The molecule has 1 saturated heterocycles. The van der Waals surface area contributed by atoms with E-state index in [1.165, 1.54) is 0 Å². The van der Waals surface area contributed by atoms with Gasteiger partial charge in [0, 0.05) is 27.8 Å². The lowest BCUT2D eigenvalue weighted by Gasteiger charge is -2.33. The summed E-state index contributed by atoms with van der Waals surface area (Å²) in [6.45, 7) is 4.16. The minimum absolute atomic E-state index is 0.0241. The first-order valence-electron chi connectivity index (χ1n) is 13.1. The molecule has 2 aliphatic carbocycles. The number of fused-ring (bicyclic) bond motifs is 4. The molecule has 7 atom stereocenters. The molecule has 0 spiro atoms. The Morgan fingerprint density at radius 1 is 0.744 bits per heavy atom. The molecule has 8 heteroatoms. The van der Waals surface area contributed by atoms with Crippen molar-refractivity contribution >= 4 is 39.0 Å². The van der Waals surface area contributed by atoms with E-state index in [4.69, 9.17) is 27.9 Å². The monoisotopic (exact) mass is 581 g/mol. The molecule has 2 bridgehead atoms. The first kappa shape index (κ1) is 26.4. The Bertz CT molecular complexity index is 1550. The summed E-state index contributed by atoms with van der Waals surface area (Å²) in [4.78, 5) is 14.3. The van der Waals surface area contributed by atoms with Crippen LogP contribution in [0.2, 0.25) is 10.0 Å². The first-order valence-corrected chi connectivity index (χ1v) is 15.3. The van der Waals surface area contributed by atoms with Gasteiger partial charge < -0.3 is 4.74 Å². The van der Waals surface area contributed by atoms with Gasteiger partial charge in [0.25, 0.3) is 10.0 Å². The van der Waals surface area contributed by atoms with Gasteiger partial charge in [-0.05, 0) is 59.4 Å². The molecule has 2 fully saturated rings. The third-order valence-corrected chi connectivity index (χ3v) is 11.2. The summed E-state index contributed by atoms with van der Waals surface area (Å²) in [6, 6.07) is 22.8. The predicted octanol–water partition coefficient (Wildman–Crippen LogP) is 7.10. The highest BCUT2D eigenvalue weighted by Gasteiger charge is 2.65. The first-order chi connectivity index (χ1) is 18.7. The molecule has 0 N–H and O–H groups in total. The summed E-state index contributed by atoms with van der Waals surface area (Å²) in [5, 5.41) is 1.20. The van der Waals surface area contributed by atoms with E-state index in [9.17, 15) is 13.2 Å². The number of ether oxygens (including phenoxy) is 1. The maximum Gasteiger partial charge on any atom is 0.264 e. The average molecular weight is 583 g/mol. The van der Waals surface area contributed by atoms with E-state index >= 15 is 0 Å². The SMILES string of the molecule is COC1=C2C(C3C(=O)C1C(c1ccc(Cl)cc1)C3C)[C@H](C)[C@@H](c1ccc(Cl)cc1)N2S(=O)(=O)c1ccccc1. The summed E-state index contributed by atoms with van der Waals surface area (Å²) >= 11 is 12.4. The van der Waals surface area contributed by atoms with E-state index in [1.807, 2.05) is 43.3 Å². The van der Waals surface area contributed by atoms with Crippen molar-refractivity contribution in [2.24, 2.45) is 29.6 Å². The van der Waals surface area contributed by atoms with Crippen LogP contribution >= 0.6 is 23.2 Å². The van der Waals surface area contributed by atoms with Gasteiger partial charge in [-0.1, -0.05) is 79.5 Å². The lowest BCUT2D eigenvalue weighted by atomic mass is 9.72. The number of benzene rings is 3. The predicted molar refractivity (Wildman–Crippen MR) is 152 cm³/mol. The van der Waals surface area contributed by atoms with Gasteiger partial charge in [0.2, 0.25) is 0 Å². The summed E-state index contributed by atoms with van der Waals surface area (Å²) in [7, 11) is -2.46. The molecular formula is C31H29Cl2NO4S. The van der Waals surface area contributed by atoms with Crippen LogP contribution < -0.4 is 0 Å². The number of halogens is 2. The van der Waals surface area contributed by atoms with Gasteiger partial charge in [-0.25, -0.2) is 8.42 Å². The normalized spacial score (nSPS) is 30.0. The third kappa shape index (κ3) is 3.94. The molecule has 3 aliphatic rings. The number of hydrogen-bond donors (Lipinski definition) is 0. The number of nitrogens with zero attached hydrogens (tertiary/aromatic N) is 1. The van der Waals surface area contributed by atoms with Crippen molar-refractivity contribution in [2.45, 2.75) is 30.7 Å². The summed E-state index contributed by atoms with van der Waals surface area (Å²) < 4.78 is 36.5. The van der Waals surface area contributed by atoms with Gasteiger partial charge >= 0.3 is 0 Å². The molecule has 0 amide bonds. The summed E-state index contributed by atoms with van der Waals surface area (Å²) in [5.41, 5.74) is 2.43. The van der Waals surface area contributed by atoms with E-state index in [0.29, 0.717) is 21.5 Å². The molecule has 1 aliphatic heterocycles. The van der Waals surface area contributed by atoms with Crippen LogP contribution in [0.1, 0.15) is 36.9 Å². The average Bonchev–Trinajstić information content (AvgIpc) is 3.32. The highest BCUT2D eigenvalue weighted by Crippen LogP contribution is 2.64. The number of rotatable bonds is 5. The molecule has 3 aromatic carbocycles. The smallest absolute Gasteiger partial charge is 0.264 e. The van der Waals surface area contributed by atoms with Gasteiger partial charge in [0.15, 0.2) is 0 Å². The molecular weight excluding hydrogens is 553 g/mol. The van der Waals surface area contributed by atoms with E-state index in [-0.39, 0.29) is 40.3 Å². The minimum Gasteiger partial charge on any atom is -0.498 e. The van der Waals surface area contributed by atoms with Gasteiger partial charge in [-0.3, -0.25) is 9.10 Å². The fourth-order valence-corrected chi connectivity index (χ4v) is 9.41. The van der Waals surface area contributed by atoms with Crippen LogP contribution in [-0.2, 0) is 19.6 Å². The van der Waals surface area contributed by atoms with Gasteiger partial charge in [0.05, 0.1) is 29.7 Å². The highest BCUT2D eigenvalue weighted by atomic mass is 35.5. The van der Waals surface area contributed by atoms with E-state index < -0.39 is 22.0 Å². The number of sulfonamides is 1. The molecule has 5 nitrogen and oxygen atoms in total. The molecule has 0 radical (unpaired) electrons. The lowest BCUT2D eigenvalue weighted by Crippen LogP contribution is -2.37. The lowest BCUT2D eigenvalue weighted by molar-refractivity contribution is -0.126. The number of Topliss-reactive ketones (excluding diaryl/α,β-unsaturated/α-hetero) is 1. The maximum atomic E-state index is 14.4. The van der Waals surface area contributed by atoms with Crippen LogP contribution in [0.15, 0.2) is 95.2 Å². The number of methoxy groups -OCH3 is 1. The minimum atomic E-state index is -4.00. The fraction of sp³-hybridized carbons (Fsp3) is 0.323.